The van der Waals surface area contributed by atoms with Crippen molar-refractivity contribution in [3.8, 4) is 5.75 Å². The minimum absolute atomic E-state index is 0.0324. The second-order valence-corrected chi connectivity index (χ2v) is 9.53. The molecule has 36 heavy (non-hydrogen) atoms. The predicted molar refractivity (Wildman–Crippen MR) is 140 cm³/mol. The van der Waals surface area contributed by atoms with Gasteiger partial charge in [0.1, 0.15) is 11.6 Å². The van der Waals surface area contributed by atoms with Gasteiger partial charge in [-0.3, -0.25) is 9.69 Å². The molecule has 1 aromatic heterocycles. The molecule has 0 unspecified atom stereocenters. The molecule has 1 fully saturated rings. The second-order valence-electron chi connectivity index (χ2n) is 9.53. The number of hydrogen-bond acceptors (Lipinski definition) is 3. The number of nitrogens with zero attached hydrogens (tertiary/aromatic N) is 2. The molecule has 0 atom stereocenters. The number of likely N-dealkylation sites (tertiary alicyclic amines) is 1. The van der Waals surface area contributed by atoms with Crippen molar-refractivity contribution in [2.45, 2.75) is 32.5 Å². The van der Waals surface area contributed by atoms with Gasteiger partial charge in [-0.1, -0.05) is 42.5 Å². The molecule has 1 amide bonds. The molecule has 0 spiro atoms. The van der Waals surface area contributed by atoms with Crippen LogP contribution in [0.15, 0.2) is 78.9 Å². The first kappa shape index (κ1) is 24.1. The van der Waals surface area contributed by atoms with Crippen LogP contribution in [0.5, 0.6) is 5.75 Å². The zero-order valence-corrected chi connectivity index (χ0v) is 20.6. The van der Waals surface area contributed by atoms with E-state index in [0.29, 0.717) is 13.1 Å². The average Bonchev–Trinajstić information content (AvgIpc) is 3.24. The number of benzene rings is 3. The molecular formula is C30H32FN3O2. The summed E-state index contributed by atoms with van der Waals surface area (Å²) in [6.07, 6.45) is 1.68. The molecule has 6 heteroatoms. The van der Waals surface area contributed by atoms with Crippen molar-refractivity contribution in [1.29, 1.82) is 0 Å². The Morgan fingerprint density at radius 2 is 1.72 bits per heavy atom. The van der Waals surface area contributed by atoms with Crippen LogP contribution < -0.4 is 10.1 Å². The number of fused-ring (bicyclic) bond motifs is 1. The number of carbonyl (C=O) groups excluding carboxylic acids is 1. The number of hydrogen-bond donors (Lipinski definition) is 1. The highest BCUT2D eigenvalue weighted by Gasteiger charge is 2.25. The number of amides is 1. The minimum Gasteiger partial charge on any atom is -0.497 e. The van der Waals surface area contributed by atoms with Crippen LogP contribution in [-0.4, -0.2) is 35.6 Å². The second kappa shape index (κ2) is 11.0. The van der Waals surface area contributed by atoms with Gasteiger partial charge in [-0.15, -0.1) is 0 Å². The van der Waals surface area contributed by atoms with Crippen molar-refractivity contribution in [1.82, 2.24) is 14.8 Å². The van der Waals surface area contributed by atoms with E-state index in [9.17, 15) is 9.18 Å². The lowest BCUT2D eigenvalue weighted by molar-refractivity contribution is -0.126. The van der Waals surface area contributed by atoms with Crippen LogP contribution in [0.25, 0.3) is 10.9 Å². The van der Waals surface area contributed by atoms with E-state index in [2.05, 4.69) is 33.0 Å². The molecule has 4 aromatic rings. The van der Waals surface area contributed by atoms with E-state index in [-0.39, 0.29) is 17.6 Å². The van der Waals surface area contributed by atoms with Crippen molar-refractivity contribution < 1.29 is 13.9 Å². The summed E-state index contributed by atoms with van der Waals surface area (Å²) in [6.45, 7) is 3.69. The summed E-state index contributed by atoms with van der Waals surface area (Å²) in [5.41, 5.74) is 4.35. The molecule has 1 N–H and O–H groups in total. The molecule has 1 saturated heterocycles. The van der Waals surface area contributed by atoms with Gasteiger partial charge in [0, 0.05) is 36.8 Å². The van der Waals surface area contributed by atoms with Gasteiger partial charge in [-0.05, 0) is 78.8 Å². The van der Waals surface area contributed by atoms with Crippen molar-refractivity contribution in [2.75, 3.05) is 20.2 Å². The monoisotopic (exact) mass is 485 g/mol. The Bertz CT molecular complexity index is 1340. The van der Waals surface area contributed by atoms with E-state index < -0.39 is 0 Å². The summed E-state index contributed by atoms with van der Waals surface area (Å²) in [4.78, 5) is 15.2. The van der Waals surface area contributed by atoms with Gasteiger partial charge in [0.05, 0.1) is 7.11 Å². The molecule has 2 heterocycles. The summed E-state index contributed by atoms with van der Waals surface area (Å²) >= 11 is 0. The van der Waals surface area contributed by atoms with E-state index in [1.54, 1.807) is 19.2 Å². The molecule has 186 valence electrons. The molecule has 0 aliphatic carbocycles. The van der Waals surface area contributed by atoms with E-state index in [1.807, 2.05) is 42.5 Å². The number of carbonyl (C=O) groups is 1. The molecule has 1 aliphatic rings. The number of halogens is 1. The molecule has 5 rings (SSSR count). The third kappa shape index (κ3) is 5.60. The Labute approximate surface area is 211 Å². The fourth-order valence-electron chi connectivity index (χ4n) is 5.10. The zero-order valence-electron chi connectivity index (χ0n) is 20.6. The summed E-state index contributed by atoms with van der Waals surface area (Å²) in [7, 11) is 1.65. The lowest BCUT2D eigenvalue weighted by Crippen LogP contribution is -2.40. The number of ether oxygens (including phenoxy) is 1. The van der Waals surface area contributed by atoms with Gasteiger partial charge in [-0.2, -0.15) is 0 Å². The molecule has 0 saturated carbocycles. The summed E-state index contributed by atoms with van der Waals surface area (Å²) in [6, 6.07) is 25.2. The fourth-order valence-corrected chi connectivity index (χ4v) is 5.10. The number of methoxy groups -OCH3 is 1. The predicted octanol–water partition coefficient (Wildman–Crippen LogP) is 5.37. The van der Waals surface area contributed by atoms with Crippen LogP contribution in [-0.2, 0) is 24.4 Å². The molecule has 5 nitrogen and oxygen atoms in total. The average molecular weight is 486 g/mol. The topological polar surface area (TPSA) is 46.5 Å². The molecule has 0 radical (unpaired) electrons. The molecule has 0 bridgehead atoms. The fraction of sp³-hybridized carbons (Fsp3) is 0.300. The van der Waals surface area contributed by atoms with Crippen LogP contribution in [0.1, 0.15) is 29.7 Å². The molecule has 1 aliphatic heterocycles. The molecular weight excluding hydrogens is 453 g/mol. The Morgan fingerprint density at radius 1 is 0.944 bits per heavy atom. The first-order chi connectivity index (χ1) is 17.6. The van der Waals surface area contributed by atoms with E-state index >= 15 is 0 Å². The Balaban J connectivity index is 1.21. The van der Waals surface area contributed by atoms with Crippen LogP contribution in [0.4, 0.5) is 4.39 Å². The Morgan fingerprint density at radius 3 is 2.53 bits per heavy atom. The first-order valence-corrected chi connectivity index (χ1v) is 12.5. The smallest absolute Gasteiger partial charge is 0.223 e. The van der Waals surface area contributed by atoms with Gasteiger partial charge in [0.15, 0.2) is 0 Å². The highest BCUT2D eigenvalue weighted by molar-refractivity contribution is 5.81. The van der Waals surface area contributed by atoms with Crippen molar-refractivity contribution in [3.05, 3.63) is 102 Å². The summed E-state index contributed by atoms with van der Waals surface area (Å²) < 4.78 is 21.4. The van der Waals surface area contributed by atoms with Crippen LogP contribution in [0.3, 0.4) is 0 Å². The van der Waals surface area contributed by atoms with Crippen LogP contribution in [0, 0.1) is 11.7 Å². The third-order valence-electron chi connectivity index (χ3n) is 7.07. The largest absolute Gasteiger partial charge is 0.497 e. The highest BCUT2D eigenvalue weighted by Crippen LogP contribution is 2.25. The zero-order chi connectivity index (χ0) is 24.9. The van der Waals surface area contributed by atoms with E-state index in [1.165, 1.54) is 17.1 Å². The van der Waals surface area contributed by atoms with Gasteiger partial charge in [0.25, 0.3) is 0 Å². The standard InChI is InChI=1S/C30H32FN3O2/c1-36-28-10-5-6-22(17-28)19-32-30(35)24-12-14-33(15-13-24)21-27-18-25-8-2-3-11-29(25)34(27)20-23-7-4-9-26(31)16-23/h2-11,16-18,24H,12-15,19-21H2,1H3,(H,32,35). The van der Waals surface area contributed by atoms with Gasteiger partial charge in [0.2, 0.25) is 5.91 Å². The number of rotatable bonds is 8. The van der Waals surface area contributed by atoms with Crippen LogP contribution in [0.2, 0.25) is 0 Å². The van der Waals surface area contributed by atoms with Gasteiger partial charge in [-0.25, -0.2) is 4.39 Å². The Hall–Kier alpha value is -3.64. The van der Waals surface area contributed by atoms with Gasteiger partial charge < -0.3 is 14.6 Å². The lowest BCUT2D eigenvalue weighted by atomic mass is 9.95. The normalized spacial score (nSPS) is 14.7. The first-order valence-electron chi connectivity index (χ1n) is 12.5. The molecule has 3 aromatic carbocycles. The van der Waals surface area contributed by atoms with Crippen molar-refractivity contribution in [2.24, 2.45) is 5.92 Å². The summed E-state index contributed by atoms with van der Waals surface area (Å²) in [5, 5.41) is 4.29. The maximum atomic E-state index is 13.8. The maximum absolute atomic E-state index is 13.8. The maximum Gasteiger partial charge on any atom is 0.223 e. The Kier molecular flexibility index (Phi) is 7.33. The quantitative estimate of drug-likeness (QED) is 0.365. The summed E-state index contributed by atoms with van der Waals surface area (Å²) in [5.74, 6) is 0.741. The number of aromatic nitrogens is 1. The number of nitrogens with one attached hydrogen (secondary N) is 1. The SMILES string of the molecule is COc1cccc(CNC(=O)C2CCN(Cc3cc4ccccc4n3Cc3cccc(F)c3)CC2)c1. The number of para-hydroxylation sites is 1. The van der Waals surface area contributed by atoms with E-state index in [0.717, 1.165) is 54.9 Å². The minimum atomic E-state index is -0.211. The third-order valence-corrected chi connectivity index (χ3v) is 7.07. The van der Waals surface area contributed by atoms with Crippen molar-refractivity contribution in [3.63, 3.8) is 0 Å². The van der Waals surface area contributed by atoms with Crippen LogP contribution >= 0.6 is 0 Å². The van der Waals surface area contributed by atoms with Crippen molar-refractivity contribution >= 4 is 16.8 Å². The highest BCUT2D eigenvalue weighted by atomic mass is 19.1. The van der Waals surface area contributed by atoms with Gasteiger partial charge >= 0.3 is 0 Å². The lowest BCUT2D eigenvalue weighted by Gasteiger charge is -2.31. The number of piperidine rings is 1. The van der Waals surface area contributed by atoms with E-state index in [4.69, 9.17) is 4.74 Å².